The first-order valence-electron chi connectivity index (χ1n) is 31.7. The van der Waals surface area contributed by atoms with Gasteiger partial charge in [-0.15, -0.1) is 0 Å². The summed E-state index contributed by atoms with van der Waals surface area (Å²) in [5, 5.41) is 2.47. The smallest absolute Gasteiger partial charge is 0.252 e. The number of aryl methyl sites for hydroxylation is 3. The fourth-order valence-corrected chi connectivity index (χ4v) is 16.0. The van der Waals surface area contributed by atoms with Crippen molar-refractivity contribution < 1.29 is 0 Å². The third-order valence-corrected chi connectivity index (χ3v) is 20.5. The standard InChI is InChI=1S/C83H75BN4/c1-50-41-76-78-77(42-50)88(57-33-37-63-61-26-18-21-29-67(61)83(12,13)69(63)47-57)75-49-59(35-39-70(75)84(78)71-45-53(80(4,5)6)31-40-73(71)87(76)56-32-36-62-60-25-17-20-28-66(60)82(10,11)68(62)46-56)85(79-51(2)43-54(44-52(79)3)81(7,8)9)58-34-38-65-64-27-19-22-30-72(64)86(74(65)48-58)55-23-15-14-16-24-55/h14-49H,1-13H3. The van der Waals surface area contributed by atoms with Crippen molar-refractivity contribution in [1.29, 1.82) is 0 Å². The maximum Gasteiger partial charge on any atom is 0.252 e. The molecule has 0 N–H and O–H groups in total. The molecule has 2 aliphatic heterocycles. The van der Waals surface area contributed by atoms with E-state index >= 15 is 0 Å². The van der Waals surface area contributed by atoms with Gasteiger partial charge in [0.2, 0.25) is 0 Å². The number of anilines is 9. The average Bonchev–Trinajstić information content (AvgIpc) is 0.881. The molecule has 0 fully saturated rings. The van der Waals surface area contributed by atoms with Crippen LogP contribution in [0.15, 0.2) is 218 Å². The van der Waals surface area contributed by atoms with Crippen LogP contribution in [0.3, 0.4) is 0 Å². The number of benzene rings is 11. The Labute approximate surface area is 520 Å². The van der Waals surface area contributed by atoms with Crippen LogP contribution in [0.5, 0.6) is 0 Å². The molecule has 430 valence electrons. The van der Waals surface area contributed by atoms with E-state index in [0.717, 1.165) is 22.7 Å². The molecule has 12 aromatic rings. The van der Waals surface area contributed by atoms with Gasteiger partial charge >= 0.3 is 0 Å². The molecule has 16 rings (SSSR count). The quantitative estimate of drug-likeness (QED) is 0.154. The van der Waals surface area contributed by atoms with E-state index in [2.05, 4.69) is 328 Å². The lowest BCUT2D eigenvalue weighted by atomic mass is 9.33. The van der Waals surface area contributed by atoms with E-state index in [1.54, 1.807) is 0 Å². The number of hydrogen-bond acceptors (Lipinski definition) is 3. The first kappa shape index (κ1) is 54.1. The van der Waals surface area contributed by atoms with Gasteiger partial charge in [0.25, 0.3) is 6.71 Å². The molecule has 4 nitrogen and oxygen atoms in total. The van der Waals surface area contributed by atoms with Gasteiger partial charge in [0.1, 0.15) is 0 Å². The van der Waals surface area contributed by atoms with E-state index in [0.29, 0.717) is 0 Å². The van der Waals surface area contributed by atoms with Crippen molar-refractivity contribution in [3.8, 4) is 27.9 Å². The molecule has 0 saturated carbocycles. The summed E-state index contributed by atoms with van der Waals surface area (Å²) in [5.74, 6) is 0. The largest absolute Gasteiger partial charge is 0.311 e. The van der Waals surface area contributed by atoms with Gasteiger partial charge < -0.3 is 19.3 Å². The maximum absolute atomic E-state index is 2.65. The Morgan fingerprint density at radius 3 is 1.51 bits per heavy atom. The van der Waals surface area contributed by atoms with E-state index in [-0.39, 0.29) is 28.4 Å². The molecular weight excluding hydrogens is 1060 g/mol. The molecule has 4 aliphatic rings. The molecule has 0 amide bonds. The number of fused-ring (bicyclic) bond motifs is 13. The van der Waals surface area contributed by atoms with E-state index < -0.39 is 0 Å². The summed E-state index contributed by atoms with van der Waals surface area (Å²) < 4.78 is 2.45. The highest BCUT2D eigenvalue weighted by Crippen LogP contribution is 2.55. The molecule has 1 aromatic heterocycles. The summed E-state index contributed by atoms with van der Waals surface area (Å²) in [6.07, 6.45) is 0. The van der Waals surface area contributed by atoms with Gasteiger partial charge in [-0.2, -0.15) is 0 Å². The molecule has 0 radical (unpaired) electrons. The second-order valence-corrected chi connectivity index (χ2v) is 28.8. The van der Waals surface area contributed by atoms with Crippen molar-refractivity contribution in [3.63, 3.8) is 0 Å². The Morgan fingerprint density at radius 2 is 0.898 bits per heavy atom. The van der Waals surface area contributed by atoms with Crippen LogP contribution in [-0.4, -0.2) is 11.3 Å². The van der Waals surface area contributed by atoms with Crippen LogP contribution in [-0.2, 0) is 21.7 Å². The van der Waals surface area contributed by atoms with Gasteiger partial charge in [0.05, 0.1) is 16.7 Å². The highest BCUT2D eigenvalue weighted by Gasteiger charge is 2.46. The van der Waals surface area contributed by atoms with Crippen molar-refractivity contribution in [2.75, 3.05) is 14.7 Å². The molecule has 88 heavy (non-hydrogen) atoms. The normalized spacial score (nSPS) is 14.8. The van der Waals surface area contributed by atoms with Crippen LogP contribution >= 0.6 is 0 Å². The van der Waals surface area contributed by atoms with E-state index in [9.17, 15) is 0 Å². The Balaban J connectivity index is 0.977. The van der Waals surface area contributed by atoms with Crippen LogP contribution in [0, 0.1) is 20.8 Å². The fraction of sp³-hybridized carbons (Fsp3) is 0.205. The summed E-state index contributed by atoms with van der Waals surface area (Å²) in [6, 6.07) is 84.3. The zero-order valence-electron chi connectivity index (χ0n) is 53.2. The number of rotatable bonds is 6. The zero-order valence-corrected chi connectivity index (χ0v) is 53.2. The first-order chi connectivity index (χ1) is 42.2. The molecule has 0 bridgehead atoms. The monoisotopic (exact) mass is 1140 g/mol. The summed E-state index contributed by atoms with van der Waals surface area (Å²) in [6.45, 7) is 30.5. The number of para-hydroxylation sites is 2. The lowest BCUT2D eigenvalue weighted by Gasteiger charge is -2.45. The van der Waals surface area contributed by atoms with Crippen molar-refractivity contribution in [2.24, 2.45) is 0 Å². The van der Waals surface area contributed by atoms with Gasteiger partial charge in [-0.1, -0.05) is 203 Å². The predicted molar refractivity (Wildman–Crippen MR) is 376 cm³/mol. The van der Waals surface area contributed by atoms with Gasteiger partial charge in [0, 0.05) is 72.8 Å². The predicted octanol–water partition coefficient (Wildman–Crippen LogP) is 20.5. The fourth-order valence-electron chi connectivity index (χ4n) is 16.0. The molecule has 0 spiro atoms. The third-order valence-electron chi connectivity index (χ3n) is 20.5. The molecule has 0 atom stereocenters. The zero-order chi connectivity index (χ0) is 60.7. The van der Waals surface area contributed by atoms with Crippen LogP contribution in [0.1, 0.15) is 119 Å². The Bertz CT molecular complexity index is 4920. The van der Waals surface area contributed by atoms with Crippen molar-refractivity contribution in [2.45, 2.75) is 112 Å². The molecule has 0 saturated heterocycles. The van der Waals surface area contributed by atoms with Gasteiger partial charge in [-0.3, -0.25) is 0 Å². The SMILES string of the molecule is Cc1cc2c3c(c1)N(c1ccc4c(c1)C(C)(C)c1ccccc1-4)c1cc(N(c4ccc5c6ccccc6n(-c6ccccc6)c5c4)c4c(C)cc(C(C)(C)C)cc4C)ccc1B3c1cc(C(C)(C)C)ccc1N2c1ccc2c(c1)C(C)(C)c1ccccc1-2. The van der Waals surface area contributed by atoms with Crippen LogP contribution in [0.25, 0.3) is 49.7 Å². The minimum absolute atomic E-state index is 0.0292. The van der Waals surface area contributed by atoms with E-state index in [1.165, 1.54) is 145 Å². The number of nitrogens with zero attached hydrogens (tertiary/aromatic N) is 4. The second-order valence-electron chi connectivity index (χ2n) is 28.8. The topological polar surface area (TPSA) is 14.7 Å². The average molecular weight is 1140 g/mol. The molecule has 2 aliphatic carbocycles. The maximum atomic E-state index is 2.65. The third kappa shape index (κ3) is 7.84. The summed E-state index contributed by atoms with van der Waals surface area (Å²) in [4.78, 5) is 7.84. The summed E-state index contributed by atoms with van der Waals surface area (Å²) >= 11 is 0. The Hall–Kier alpha value is -9.32. The van der Waals surface area contributed by atoms with Crippen LogP contribution < -0.4 is 31.1 Å². The molecule has 5 heteroatoms. The molecule has 3 heterocycles. The molecular formula is C83H75BN4. The van der Waals surface area contributed by atoms with Crippen molar-refractivity contribution in [1.82, 2.24) is 4.57 Å². The number of hydrogen-bond donors (Lipinski definition) is 0. The molecule has 0 unspecified atom stereocenters. The Kier molecular flexibility index (Phi) is 11.6. The highest BCUT2D eigenvalue weighted by molar-refractivity contribution is 7.00. The van der Waals surface area contributed by atoms with Crippen molar-refractivity contribution in [3.05, 3.63) is 268 Å². The summed E-state index contributed by atoms with van der Waals surface area (Å²) in [5.41, 5.74) is 34.7. The van der Waals surface area contributed by atoms with Gasteiger partial charge in [0.15, 0.2) is 0 Å². The number of aromatic nitrogens is 1. The Morgan fingerprint density at radius 1 is 0.375 bits per heavy atom. The lowest BCUT2D eigenvalue weighted by Crippen LogP contribution is -2.61. The minimum atomic E-state index is -0.205. The highest BCUT2D eigenvalue weighted by atomic mass is 15.2. The van der Waals surface area contributed by atoms with Crippen LogP contribution in [0.2, 0.25) is 0 Å². The van der Waals surface area contributed by atoms with Crippen LogP contribution in [0.4, 0.5) is 51.2 Å². The second kappa shape index (κ2) is 18.8. The first-order valence-corrected chi connectivity index (χ1v) is 31.7. The van der Waals surface area contributed by atoms with Gasteiger partial charge in [-0.05, 0) is 205 Å². The van der Waals surface area contributed by atoms with E-state index in [1.807, 2.05) is 0 Å². The van der Waals surface area contributed by atoms with Crippen molar-refractivity contribution >= 4 is 96.1 Å². The van der Waals surface area contributed by atoms with Gasteiger partial charge in [-0.25, -0.2) is 0 Å². The lowest BCUT2D eigenvalue weighted by molar-refractivity contribution is 0.589. The van der Waals surface area contributed by atoms with E-state index in [4.69, 9.17) is 0 Å². The minimum Gasteiger partial charge on any atom is -0.311 e. The summed E-state index contributed by atoms with van der Waals surface area (Å²) in [7, 11) is 0. The molecule has 11 aromatic carbocycles.